The maximum absolute atomic E-state index is 5.42. The minimum Gasteiger partial charge on any atom is -0.372 e. The van der Waals surface area contributed by atoms with Crippen molar-refractivity contribution in [1.29, 1.82) is 0 Å². The molecule has 1 nitrogen and oxygen atoms in total. The van der Waals surface area contributed by atoms with Crippen LogP contribution in [-0.2, 0) is 4.74 Å². The van der Waals surface area contributed by atoms with Gasteiger partial charge in [-0.1, -0.05) is 27.2 Å². The van der Waals surface area contributed by atoms with Gasteiger partial charge in [0.1, 0.15) is 0 Å². The van der Waals surface area contributed by atoms with Gasteiger partial charge >= 0.3 is 0 Å². The van der Waals surface area contributed by atoms with Crippen LogP contribution in [0.3, 0.4) is 0 Å². The van der Waals surface area contributed by atoms with Crippen molar-refractivity contribution in [2.75, 3.05) is 0 Å². The summed E-state index contributed by atoms with van der Waals surface area (Å²) in [5, 5.41) is 0. The molecule has 0 aromatic rings. The summed E-state index contributed by atoms with van der Waals surface area (Å²) in [5.74, 6) is 0.619. The molecule has 1 heteroatoms. The maximum atomic E-state index is 5.42. The van der Waals surface area contributed by atoms with Crippen molar-refractivity contribution in [3.63, 3.8) is 0 Å². The Morgan fingerprint density at radius 2 is 1.90 bits per heavy atom. The summed E-state index contributed by atoms with van der Waals surface area (Å²) >= 11 is 0. The van der Waals surface area contributed by atoms with Crippen molar-refractivity contribution in [1.82, 2.24) is 0 Å². The van der Waals surface area contributed by atoms with E-state index in [0.717, 1.165) is 6.42 Å². The SMILES string of the molecule is CCC[CH]OC(C)C(C)C. The van der Waals surface area contributed by atoms with Gasteiger partial charge in [0.05, 0.1) is 12.7 Å². The van der Waals surface area contributed by atoms with Crippen LogP contribution in [0.25, 0.3) is 0 Å². The van der Waals surface area contributed by atoms with E-state index in [-0.39, 0.29) is 0 Å². The lowest BCUT2D eigenvalue weighted by molar-refractivity contribution is 0.0784. The van der Waals surface area contributed by atoms with E-state index >= 15 is 0 Å². The van der Waals surface area contributed by atoms with Crippen molar-refractivity contribution in [3.05, 3.63) is 6.61 Å². The molecule has 0 bridgehead atoms. The number of hydrogen-bond donors (Lipinski definition) is 0. The Hall–Kier alpha value is -0.0400. The van der Waals surface area contributed by atoms with E-state index in [1.165, 1.54) is 6.42 Å². The molecule has 0 fully saturated rings. The Labute approximate surface area is 64.8 Å². The summed E-state index contributed by atoms with van der Waals surface area (Å²) in [6, 6.07) is 0. The standard InChI is InChI=1S/C9H19O/c1-5-6-7-10-9(4)8(2)3/h7-9H,5-6H2,1-4H3. The average Bonchev–Trinajstić information content (AvgIpc) is 1.88. The number of rotatable bonds is 5. The Bertz CT molecular complexity index is 69.1. The van der Waals surface area contributed by atoms with Crippen LogP contribution in [0.5, 0.6) is 0 Å². The molecule has 0 aliphatic rings. The second-order valence-electron chi connectivity index (χ2n) is 3.04. The summed E-state index contributed by atoms with van der Waals surface area (Å²) < 4.78 is 5.42. The van der Waals surface area contributed by atoms with Gasteiger partial charge in [0.25, 0.3) is 0 Å². The van der Waals surface area contributed by atoms with Gasteiger partial charge in [-0.15, -0.1) is 0 Å². The van der Waals surface area contributed by atoms with Crippen LogP contribution in [0.1, 0.15) is 40.5 Å². The lowest BCUT2D eigenvalue weighted by Gasteiger charge is -2.15. The highest BCUT2D eigenvalue weighted by atomic mass is 16.5. The van der Waals surface area contributed by atoms with Gasteiger partial charge in [-0.2, -0.15) is 0 Å². The van der Waals surface area contributed by atoms with Crippen LogP contribution >= 0.6 is 0 Å². The van der Waals surface area contributed by atoms with Crippen molar-refractivity contribution < 1.29 is 4.74 Å². The summed E-state index contributed by atoms with van der Waals surface area (Å²) in [5.41, 5.74) is 0. The van der Waals surface area contributed by atoms with Crippen LogP contribution in [0, 0.1) is 12.5 Å². The van der Waals surface area contributed by atoms with Crippen molar-refractivity contribution in [2.24, 2.45) is 5.92 Å². The van der Waals surface area contributed by atoms with Gasteiger partial charge in [0.15, 0.2) is 0 Å². The monoisotopic (exact) mass is 143 g/mol. The van der Waals surface area contributed by atoms with E-state index in [2.05, 4.69) is 27.7 Å². The predicted octanol–water partition coefficient (Wildman–Crippen LogP) is 3.01. The van der Waals surface area contributed by atoms with Crippen LogP contribution in [0.15, 0.2) is 0 Å². The fraction of sp³-hybridized carbons (Fsp3) is 0.889. The molecule has 0 aromatic carbocycles. The van der Waals surface area contributed by atoms with Crippen molar-refractivity contribution in [3.8, 4) is 0 Å². The molecular weight excluding hydrogens is 124 g/mol. The zero-order chi connectivity index (χ0) is 7.98. The van der Waals surface area contributed by atoms with Crippen molar-refractivity contribution >= 4 is 0 Å². The molecule has 0 aromatic heterocycles. The Kier molecular flexibility index (Phi) is 5.70. The largest absolute Gasteiger partial charge is 0.372 e. The van der Waals surface area contributed by atoms with E-state index in [9.17, 15) is 0 Å². The zero-order valence-electron chi connectivity index (χ0n) is 7.55. The molecule has 0 saturated carbocycles. The topological polar surface area (TPSA) is 9.23 Å². The first-order chi connectivity index (χ1) is 4.68. The first-order valence-electron chi connectivity index (χ1n) is 4.15. The first kappa shape index (κ1) is 9.96. The van der Waals surface area contributed by atoms with Crippen LogP contribution in [0.2, 0.25) is 0 Å². The second kappa shape index (κ2) is 5.72. The molecule has 0 amide bonds. The molecule has 0 aliphatic heterocycles. The van der Waals surface area contributed by atoms with Gasteiger partial charge in [-0.25, -0.2) is 0 Å². The van der Waals surface area contributed by atoms with Crippen LogP contribution in [-0.4, -0.2) is 6.10 Å². The molecule has 0 N–H and O–H groups in total. The molecule has 0 spiro atoms. The summed E-state index contributed by atoms with van der Waals surface area (Å²) in [6.07, 6.45) is 2.61. The van der Waals surface area contributed by atoms with E-state index in [0.29, 0.717) is 12.0 Å². The molecular formula is C9H19O. The summed E-state index contributed by atoms with van der Waals surface area (Å²) in [4.78, 5) is 0. The van der Waals surface area contributed by atoms with Gasteiger partial charge in [-0.3, -0.25) is 0 Å². The third-order valence-corrected chi connectivity index (χ3v) is 1.66. The number of hydrogen-bond acceptors (Lipinski definition) is 1. The molecule has 61 valence electrons. The third-order valence-electron chi connectivity index (χ3n) is 1.66. The fourth-order valence-electron chi connectivity index (χ4n) is 0.495. The van der Waals surface area contributed by atoms with Gasteiger partial charge in [0.2, 0.25) is 0 Å². The molecule has 1 radical (unpaired) electrons. The fourth-order valence-corrected chi connectivity index (χ4v) is 0.495. The highest BCUT2D eigenvalue weighted by molar-refractivity contribution is 4.58. The molecule has 0 saturated heterocycles. The maximum Gasteiger partial charge on any atom is 0.0840 e. The van der Waals surface area contributed by atoms with Crippen LogP contribution < -0.4 is 0 Å². The summed E-state index contributed by atoms with van der Waals surface area (Å²) in [6.45, 7) is 10.5. The molecule has 0 heterocycles. The molecule has 0 rings (SSSR count). The van der Waals surface area contributed by atoms with Crippen LogP contribution in [0.4, 0.5) is 0 Å². The molecule has 1 unspecified atom stereocenters. The zero-order valence-corrected chi connectivity index (χ0v) is 7.55. The van der Waals surface area contributed by atoms with Crippen molar-refractivity contribution in [2.45, 2.75) is 46.6 Å². The Morgan fingerprint density at radius 1 is 1.30 bits per heavy atom. The Balaban J connectivity index is 3.13. The van der Waals surface area contributed by atoms with E-state index in [1.807, 2.05) is 6.61 Å². The minimum atomic E-state index is 0.367. The first-order valence-corrected chi connectivity index (χ1v) is 4.15. The quantitative estimate of drug-likeness (QED) is 0.537. The van der Waals surface area contributed by atoms with Gasteiger partial charge in [-0.05, 0) is 19.3 Å². The van der Waals surface area contributed by atoms with Gasteiger partial charge < -0.3 is 4.74 Å². The summed E-state index contributed by atoms with van der Waals surface area (Å²) in [7, 11) is 0. The van der Waals surface area contributed by atoms with Gasteiger partial charge in [0, 0.05) is 0 Å². The molecule has 0 aliphatic carbocycles. The van der Waals surface area contributed by atoms with E-state index in [1.54, 1.807) is 0 Å². The lowest BCUT2D eigenvalue weighted by Crippen LogP contribution is -2.13. The molecule has 10 heavy (non-hydrogen) atoms. The minimum absolute atomic E-state index is 0.367. The normalized spacial score (nSPS) is 14.1. The lowest BCUT2D eigenvalue weighted by atomic mass is 10.1. The van der Waals surface area contributed by atoms with E-state index in [4.69, 9.17) is 4.74 Å². The third kappa shape index (κ3) is 4.80. The highest BCUT2D eigenvalue weighted by Gasteiger charge is 2.05. The number of unbranched alkanes of at least 4 members (excludes halogenated alkanes) is 1. The number of ether oxygens (including phenoxy) is 1. The smallest absolute Gasteiger partial charge is 0.0840 e. The highest BCUT2D eigenvalue weighted by Crippen LogP contribution is 2.07. The second-order valence-corrected chi connectivity index (χ2v) is 3.04. The molecule has 1 atom stereocenters. The Morgan fingerprint density at radius 3 is 2.30 bits per heavy atom. The predicted molar refractivity (Wildman–Crippen MR) is 44.6 cm³/mol. The van der Waals surface area contributed by atoms with E-state index < -0.39 is 0 Å². The average molecular weight is 143 g/mol.